The Bertz CT molecular complexity index is 1950. The molecule has 2 saturated carbocycles. The molecule has 3 heterocycles. The van der Waals surface area contributed by atoms with E-state index in [1.807, 2.05) is 46.9 Å². The molecule has 2 aliphatic rings. The molecule has 0 spiro atoms. The van der Waals surface area contributed by atoms with Gasteiger partial charge in [0.2, 0.25) is 0 Å². The fourth-order valence-corrected chi connectivity index (χ4v) is 6.87. The quantitative estimate of drug-likeness (QED) is 0.163. The number of alkyl halides is 3. The molecule has 0 amide bonds. The van der Waals surface area contributed by atoms with Gasteiger partial charge in [-0.05, 0) is 50.5 Å². The molecule has 7 rings (SSSR count). The molecular formula is C31H32F3N6O3P. The Kier molecular flexibility index (Phi) is 6.69. The van der Waals surface area contributed by atoms with Gasteiger partial charge < -0.3 is 18.6 Å². The van der Waals surface area contributed by atoms with Gasteiger partial charge in [-0.15, -0.1) is 18.3 Å². The molecule has 9 nitrogen and oxygen atoms in total. The maximum absolute atomic E-state index is 13.6. The third-order valence-corrected chi connectivity index (χ3v) is 11.1. The third-order valence-electron chi connectivity index (χ3n) is 8.53. The number of hydrogen-bond acceptors (Lipinski definition) is 6. The monoisotopic (exact) mass is 624 g/mol. The number of imidazole rings is 1. The lowest BCUT2D eigenvalue weighted by molar-refractivity contribution is -0.274. The first kappa shape index (κ1) is 28.7. The molecule has 1 atom stereocenters. The number of benzene rings is 2. The smallest absolute Gasteiger partial charge is 0.478 e. The molecule has 0 bridgehead atoms. The molecule has 0 radical (unpaired) electrons. The molecule has 3 aromatic heterocycles. The number of nitrogens with zero attached hydrogens (tertiary/aromatic N) is 6. The van der Waals surface area contributed by atoms with Crippen LogP contribution in [-0.4, -0.2) is 55.4 Å². The van der Waals surface area contributed by atoms with Gasteiger partial charge in [0.1, 0.15) is 24.4 Å². The Labute approximate surface area is 252 Å². The van der Waals surface area contributed by atoms with Crippen LogP contribution in [-0.2, 0) is 11.6 Å². The molecule has 2 aliphatic carbocycles. The molecule has 13 heteroatoms. The van der Waals surface area contributed by atoms with Gasteiger partial charge in [-0.1, -0.05) is 25.1 Å². The average Bonchev–Trinajstić information content (AvgIpc) is 3.90. The molecule has 0 aliphatic heterocycles. The van der Waals surface area contributed by atoms with Crippen LogP contribution in [0.4, 0.5) is 13.2 Å². The summed E-state index contributed by atoms with van der Waals surface area (Å²) in [5, 5.41) is 10.6. The van der Waals surface area contributed by atoms with Crippen molar-refractivity contribution in [1.82, 2.24) is 29.1 Å². The van der Waals surface area contributed by atoms with Crippen LogP contribution in [0.2, 0.25) is 0 Å². The average molecular weight is 625 g/mol. The van der Waals surface area contributed by atoms with Crippen LogP contribution in [0.1, 0.15) is 50.3 Å². The van der Waals surface area contributed by atoms with E-state index >= 15 is 0 Å². The number of hydrogen-bond donors (Lipinski definition) is 0. The van der Waals surface area contributed by atoms with Gasteiger partial charge in [0, 0.05) is 47.3 Å². The molecule has 230 valence electrons. The predicted octanol–water partition coefficient (Wildman–Crippen LogP) is 7.05. The fourth-order valence-electron chi connectivity index (χ4n) is 5.72. The van der Waals surface area contributed by atoms with Crippen molar-refractivity contribution in [2.75, 3.05) is 19.9 Å². The summed E-state index contributed by atoms with van der Waals surface area (Å²) in [7, 11) is 0.550. The number of ether oxygens (including phenoxy) is 2. The third kappa shape index (κ3) is 5.08. The lowest BCUT2D eigenvalue weighted by Gasteiger charge is -2.17. The summed E-state index contributed by atoms with van der Waals surface area (Å²) in [6.45, 7) is 3.32. The van der Waals surface area contributed by atoms with Gasteiger partial charge in [-0.3, -0.25) is 4.68 Å². The fraction of sp³-hybridized carbons (Fsp3) is 0.387. The highest BCUT2D eigenvalue weighted by Gasteiger charge is 2.36. The largest absolute Gasteiger partial charge is 0.573 e. The lowest BCUT2D eigenvalue weighted by atomic mass is 10.0. The van der Waals surface area contributed by atoms with Crippen molar-refractivity contribution >= 4 is 23.3 Å². The number of methoxy groups -OCH3 is 1. The first-order valence-corrected chi connectivity index (χ1v) is 17.0. The number of aromatic nitrogens is 6. The zero-order valence-corrected chi connectivity index (χ0v) is 25.7. The first-order valence-electron chi connectivity index (χ1n) is 14.6. The second-order valence-electron chi connectivity index (χ2n) is 11.7. The minimum absolute atomic E-state index is 0.179. The van der Waals surface area contributed by atoms with Crippen molar-refractivity contribution in [3.05, 3.63) is 54.5 Å². The maximum atomic E-state index is 13.6. The van der Waals surface area contributed by atoms with E-state index in [1.54, 1.807) is 31.4 Å². The van der Waals surface area contributed by atoms with Crippen LogP contribution < -0.4 is 14.8 Å². The van der Waals surface area contributed by atoms with E-state index in [-0.39, 0.29) is 11.5 Å². The van der Waals surface area contributed by atoms with Gasteiger partial charge in [0.25, 0.3) is 5.88 Å². The molecule has 2 aromatic carbocycles. The van der Waals surface area contributed by atoms with Crippen molar-refractivity contribution in [1.29, 1.82) is 0 Å². The zero-order chi connectivity index (χ0) is 31.0. The van der Waals surface area contributed by atoms with E-state index in [0.717, 1.165) is 53.5 Å². The number of fused-ring (bicyclic) bond motifs is 1. The highest BCUT2D eigenvalue weighted by Crippen LogP contribution is 2.48. The van der Waals surface area contributed by atoms with E-state index in [1.165, 1.54) is 12.1 Å². The van der Waals surface area contributed by atoms with Crippen LogP contribution in [0, 0.1) is 0 Å². The number of halogens is 3. The Hall–Kier alpha value is -4.05. The Morgan fingerprint density at radius 3 is 2.48 bits per heavy atom. The molecule has 44 heavy (non-hydrogen) atoms. The second-order valence-corrected chi connectivity index (χ2v) is 15.0. The number of rotatable bonds is 9. The lowest BCUT2D eigenvalue weighted by Crippen LogP contribution is -2.19. The normalized spacial score (nSPS) is 16.8. The molecular weight excluding hydrogens is 592 g/mol. The SMILES string of the molecule is CC[P@@](C)(=O)c1ccc(-c2nc(-c3cccc4nn(-c5cn(C6CC6)nc5OC)cc34)c(C3CC3)n2C)c(OC(F)(F)F)c1. The molecule has 5 aromatic rings. The van der Waals surface area contributed by atoms with Crippen molar-refractivity contribution in [3.8, 4) is 40.0 Å². The van der Waals surface area contributed by atoms with E-state index in [0.29, 0.717) is 34.9 Å². The van der Waals surface area contributed by atoms with Gasteiger partial charge in [0.15, 0.2) is 0 Å². The predicted molar refractivity (Wildman–Crippen MR) is 162 cm³/mol. The molecule has 2 fully saturated rings. The maximum Gasteiger partial charge on any atom is 0.573 e. The standard InChI is InChI=1S/C31H32F3N6O3P/c1-5-44(4,41)20-13-14-22(26(15-20)43-31(32,33)34)29-35-27(28(38(29)2)18-9-10-18)21-7-6-8-24-23(21)16-40(36-24)25-17-39(19-11-12-19)37-30(25)42-3/h6-8,13-19H,5,9-12H2,1-4H3/t44-/m1/s1. The van der Waals surface area contributed by atoms with E-state index < -0.39 is 19.3 Å². The Balaban J connectivity index is 1.38. The van der Waals surface area contributed by atoms with Gasteiger partial charge in [0.05, 0.1) is 36.1 Å². The summed E-state index contributed by atoms with van der Waals surface area (Å²) < 4.78 is 69.5. The van der Waals surface area contributed by atoms with Gasteiger partial charge >= 0.3 is 6.36 Å². The summed E-state index contributed by atoms with van der Waals surface area (Å²) in [4.78, 5) is 4.98. The van der Waals surface area contributed by atoms with E-state index in [2.05, 4.69) is 9.84 Å². The summed E-state index contributed by atoms with van der Waals surface area (Å²) >= 11 is 0. The Morgan fingerprint density at radius 2 is 1.82 bits per heavy atom. The summed E-state index contributed by atoms with van der Waals surface area (Å²) in [5.41, 5.74) is 4.09. The zero-order valence-electron chi connectivity index (χ0n) is 24.8. The van der Waals surface area contributed by atoms with E-state index in [4.69, 9.17) is 14.8 Å². The van der Waals surface area contributed by atoms with Crippen LogP contribution >= 0.6 is 7.14 Å². The second kappa shape index (κ2) is 10.3. The van der Waals surface area contributed by atoms with Crippen molar-refractivity contribution in [3.63, 3.8) is 0 Å². The van der Waals surface area contributed by atoms with Crippen LogP contribution in [0.25, 0.3) is 39.2 Å². The van der Waals surface area contributed by atoms with Crippen molar-refractivity contribution in [2.24, 2.45) is 7.05 Å². The van der Waals surface area contributed by atoms with Crippen LogP contribution in [0.3, 0.4) is 0 Å². The highest BCUT2D eigenvalue weighted by atomic mass is 31.2. The van der Waals surface area contributed by atoms with Crippen molar-refractivity contribution in [2.45, 2.75) is 50.9 Å². The summed E-state index contributed by atoms with van der Waals surface area (Å²) in [6.07, 6.45) is 3.32. The molecule has 0 N–H and O–H groups in total. The minimum atomic E-state index is -4.93. The Morgan fingerprint density at radius 1 is 1.05 bits per heavy atom. The molecule has 0 unspecified atom stereocenters. The summed E-state index contributed by atoms with van der Waals surface area (Å²) in [5.74, 6) is 0.622. The summed E-state index contributed by atoms with van der Waals surface area (Å²) in [6, 6.07) is 10.6. The topological polar surface area (TPSA) is 89.0 Å². The molecule has 0 saturated heterocycles. The van der Waals surface area contributed by atoms with Gasteiger partial charge in [-0.25, -0.2) is 9.67 Å². The van der Waals surface area contributed by atoms with Crippen molar-refractivity contribution < 1.29 is 27.2 Å². The van der Waals surface area contributed by atoms with Gasteiger partial charge in [-0.2, -0.15) is 5.10 Å². The first-order chi connectivity index (χ1) is 21.0. The van der Waals surface area contributed by atoms with Crippen LogP contribution in [0.5, 0.6) is 11.6 Å². The minimum Gasteiger partial charge on any atom is -0.478 e. The highest BCUT2D eigenvalue weighted by molar-refractivity contribution is 7.70. The van der Waals surface area contributed by atoms with E-state index in [9.17, 15) is 17.7 Å². The van der Waals surface area contributed by atoms with Crippen LogP contribution in [0.15, 0.2) is 48.8 Å².